The summed E-state index contributed by atoms with van der Waals surface area (Å²) in [5, 5.41) is 3.14. The van der Waals surface area contributed by atoms with Crippen molar-refractivity contribution in [2.24, 2.45) is 0 Å². The lowest BCUT2D eigenvalue weighted by molar-refractivity contribution is 0.415. The molecule has 2 aromatic carbocycles. The van der Waals surface area contributed by atoms with E-state index < -0.39 is 0 Å². The molecule has 0 fully saturated rings. The molecule has 0 saturated heterocycles. The fourth-order valence-corrected chi connectivity index (χ4v) is 1.84. The van der Waals surface area contributed by atoms with E-state index >= 15 is 0 Å². The van der Waals surface area contributed by atoms with E-state index in [9.17, 15) is 0 Å². The molecule has 18 heavy (non-hydrogen) atoms. The van der Waals surface area contributed by atoms with Crippen molar-refractivity contribution in [3.05, 3.63) is 48.5 Å². The number of anilines is 3. The first-order valence-electron chi connectivity index (χ1n) is 5.90. The van der Waals surface area contributed by atoms with Gasteiger partial charge in [-0.3, -0.25) is 0 Å². The lowest BCUT2D eigenvalue weighted by atomic mass is 10.2. The van der Waals surface area contributed by atoms with Crippen LogP contribution in [-0.2, 0) is 0 Å². The van der Waals surface area contributed by atoms with Gasteiger partial charge in [0.25, 0.3) is 0 Å². The lowest BCUT2D eigenvalue weighted by Gasteiger charge is -2.20. The summed E-state index contributed by atoms with van der Waals surface area (Å²) in [4.78, 5) is 2.13. The van der Waals surface area contributed by atoms with Gasteiger partial charge in [0.1, 0.15) is 5.75 Å². The third kappa shape index (κ3) is 2.56. The van der Waals surface area contributed by atoms with Crippen molar-refractivity contribution in [3.8, 4) is 5.75 Å². The van der Waals surface area contributed by atoms with Gasteiger partial charge in [0.05, 0.1) is 7.11 Å². The average Bonchev–Trinajstić information content (AvgIpc) is 2.46. The highest BCUT2D eigenvalue weighted by Gasteiger charge is 2.05. The van der Waals surface area contributed by atoms with Gasteiger partial charge in [-0.15, -0.1) is 0 Å². The van der Waals surface area contributed by atoms with Gasteiger partial charge in [-0.2, -0.15) is 0 Å². The van der Waals surface area contributed by atoms with E-state index in [1.807, 2.05) is 44.4 Å². The number of hydrogen-bond acceptors (Lipinski definition) is 3. The summed E-state index contributed by atoms with van der Waals surface area (Å²) >= 11 is 0. The fraction of sp³-hybridized carbons (Fsp3) is 0.200. The molecule has 0 aliphatic heterocycles. The Morgan fingerprint density at radius 2 is 1.67 bits per heavy atom. The molecule has 0 radical (unpaired) electrons. The Morgan fingerprint density at radius 3 is 2.33 bits per heavy atom. The predicted octanol–water partition coefficient (Wildman–Crippen LogP) is 3.50. The first-order chi connectivity index (χ1) is 8.74. The Kier molecular flexibility index (Phi) is 3.72. The van der Waals surface area contributed by atoms with E-state index in [1.54, 1.807) is 7.11 Å². The number of ether oxygens (including phenoxy) is 1. The maximum absolute atomic E-state index is 5.25. The molecule has 0 saturated carbocycles. The molecule has 0 bridgehead atoms. The number of nitrogens with one attached hydrogen (secondary N) is 1. The van der Waals surface area contributed by atoms with Crippen molar-refractivity contribution in [2.75, 3.05) is 31.4 Å². The van der Waals surface area contributed by atoms with Crippen LogP contribution in [0.25, 0.3) is 0 Å². The second-order valence-electron chi connectivity index (χ2n) is 4.06. The zero-order valence-electron chi connectivity index (χ0n) is 11.0. The lowest BCUT2D eigenvalue weighted by Crippen LogP contribution is -2.09. The molecule has 0 heterocycles. The number of rotatable bonds is 4. The summed E-state index contributed by atoms with van der Waals surface area (Å²) in [6.07, 6.45) is 0. The Labute approximate surface area is 108 Å². The van der Waals surface area contributed by atoms with Crippen LogP contribution in [0.2, 0.25) is 0 Å². The first-order valence-corrected chi connectivity index (χ1v) is 5.90. The molecular weight excluding hydrogens is 224 g/mol. The molecule has 3 nitrogen and oxygen atoms in total. The molecule has 1 N–H and O–H groups in total. The highest BCUT2D eigenvalue weighted by atomic mass is 16.5. The maximum Gasteiger partial charge on any atom is 0.120 e. The summed E-state index contributed by atoms with van der Waals surface area (Å²) in [6, 6.07) is 16.3. The van der Waals surface area contributed by atoms with Gasteiger partial charge < -0.3 is 15.0 Å². The summed E-state index contributed by atoms with van der Waals surface area (Å²) in [5.74, 6) is 0.865. The van der Waals surface area contributed by atoms with Gasteiger partial charge in [0, 0.05) is 37.2 Å². The van der Waals surface area contributed by atoms with Gasteiger partial charge in [0.2, 0.25) is 0 Å². The third-order valence-electron chi connectivity index (χ3n) is 2.96. The van der Waals surface area contributed by atoms with E-state index in [2.05, 4.69) is 28.4 Å². The van der Waals surface area contributed by atoms with Gasteiger partial charge in [-0.25, -0.2) is 0 Å². The summed E-state index contributed by atoms with van der Waals surface area (Å²) in [6.45, 7) is 0. The number of nitrogens with zero attached hydrogens (tertiary/aromatic N) is 1. The van der Waals surface area contributed by atoms with Crippen LogP contribution in [-0.4, -0.2) is 21.2 Å². The first kappa shape index (κ1) is 12.3. The van der Waals surface area contributed by atoms with Crippen molar-refractivity contribution in [1.29, 1.82) is 0 Å². The van der Waals surface area contributed by atoms with E-state index in [-0.39, 0.29) is 0 Å². The molecule has 2 aromatic rings. The Morgan fingerprint density at radius 1 is 1.00 bits per heavy atom. The molecule has 94 valence electrons. The molecule has 3 heteroatoms. The highest BCUT2D eigenvalue weighted by Crippen LogP contribution is 2.28. The molecular formula is C15H18N2O. The molecule has 0 atom stereocenters. The van der Waals surface area contributed by atoms with E-state index in [0.29, 0.717) is 0 Å². The number of hydrogen-bond donors (Lipinski definition) is 1. The topological polar surface area (TPSA) is 24.5 Å². The Bertz CT molecular complexity index is 478. The number of benzene rings is 2. The largest absolute Gasteiger partial charge is 0.497 e. The van der Waals surface area contributed by atoms with Crippen LogP contribution in [0.15, 0.2) is 48.5 Å². The summed E-state index contributed by atoms with van der Waals surface area (Å²) < 4.78 is 5.25. The van der Waals surface area contributed by atoms with E-state index in [1.165, 1.54) is 0 Å². The smallest absolute Gasteiger partial charge is 0.120 e. The van der Waals surface area contributed by atoms with E-state index in [0.717, 1.165) is 22.8 Å². The average molecular weight is 242 g/mol. The Balaban J connectivity index is 2.31. The van der Waals surface area contributed by atoms with Gasteiger partial charge in [-0.1, -0.05) is 12.1 Å². The van der Waals surface area contributed by atoms with Crippen LogP contribution < -0.4 is 15.0 Å². The maximum atomic E-state index is 5.25. The van der Waals surface area contributed by atoms with Gasteiger partial charge >= 0.3 is 0 Å². The summed E-state index contributed by atoms with van der Waals surface area (Å²) in [5.41, 5.74) is 3.33. The van der Waals surface area contributed by atoms with Crippen molar-refractivity contribution in [2.45, 2.75) is 0 Å². The van der Waals surface area contributed by atoms with Gasteiger partial charge in [0.15, 0.2) is 0 Å². The molecule has 0 spiro atoms. The monoisotopic (exact) mass is 242 g/mol. The SMILES string of the molecule is CNc1cccc(N(C)c2cccc(OC)c2)c1. The molecule has 0 amide bonds. The summed E-state index contributed by atoms with van der Waals surface area (Å²) in [7, 11) is 5.65. The van der Waals surface area contributed by atoms with Crippen LogP contribution in [0, 0.1) is 0 Å². The van der Waals surface area contributed by atoms with Crippen molar-refractivity contribution in [3.63, 3.8) is 0 Å². The molecule has 0 unspecified atom stereocenters. The molecule has 2 rings (SSSR count). The van der Waals surface area contributed by atoms with E-state index in [4.69, 9.17) is 4.74 Å². The third-order valence-corrected chi connectivity index (χ3v) is 2.96. The van der Waals surface area contributed by atoms with Crippen LogP contribution in [0.4, 0.5) is 17.1 Å². The minimum atomic E-state index is 0.865. The minimum Gasteiger partial charge on any atom is -0.497 e. The molecule has 0 aliphatic carbocycles. The van der Waals surface area contributed by atoms with Crippen molar-refractivity contribution >= 4 is 17.1 Å². The quantitative estimate of drug-likeness (QED) is 0.888. The van der Waals surface area contributed by atoms with Crippen molar-refractivity contribution < 1.29 is 4.74 Å². The zero-order valence-corrected chi connectivity index (χ0v) is 11.0. The predicted molar refractivity (Wildman–Crippen MR) is 77.0 cm³/mol. The molecule has 0 aliphatic rings. The van der Waals surface area contributed by atoms with Crippen LogP contribution in [0.3, 0.4) is 0 Å². The zero-order chi connectivity index (χ0) is 13.0. The van der Waals surface area contributed by atoms with Crippen molar-refractivity contribution in [1.82, 2.24) is 0 Å². The fourth-order valence-electron chi connectivity index (χ4n) is 1.84. The standard InChI is InChI=1S/C15H18N2O/c1-16-12-6-4-7-13(10-12)17(2)14-8-5-9-15(11-14)18-3/h4-11,16H,1-3H3. The van der Waals surface area contributed by atoms with Crippen LogP contribution in [0.1, 0.15) is 0 Å². The number of methoxy groups -OCH3 is 1. The second kappa shape index (κ2) is 5.45. The highest BCUT2D eigenvalue weighted by molar-refractivity contribution is 5.67. The second-order valence-corrected chi connectivity index (χ2v) is 4.06. The van der Waals surface area contributed by atoms with Crippen LogP contribution >= 0.6 is 0 Å². The minimum absolute atomic E-state index is 0.865. The normalized spacial score (nSPS) is 9.94. The molecule has 0 aromatic heterocycles. The Hall–Kier alpha value is -2.16. The van der Waals surface area contributed by atoms with Gasteiger partial charge in [-0.05, 0) is 30.3 Å². The van der Waals surface area contributed by atoms with Crippen LogP contribution in [0.5, 0.6) is 5.75 Å².